The number of rotatable bonds is 4. The molecule has 128 valence electrons. The van der Waals surface area contributed by atoms with Crippen LogP contribution in [-0.4, -0.2) is 40.4 Å². The lowest BCUT2D eigenvalue weighted by Crippen LogP contribution is -2.48. The van der Waals surface area contributed by atoms with E-state index in [1.807, 2.05) is 42.9 Å². The van der Waals surface area contributed by atoms with Crippen LogP contribution in [0, 0.1) is 0 Å². The van der Waals surface area contributed by atoms with Crippen LogP contribution in [0.2, 0.25) is 0 Å². The third-order valence-electron chi connectivity index (χ3n) is 2.73. The highest BCUT2D eigenvalue weighted by Gasteiger charge is 2.13. The van der Waals surface area contributed by atoms with Crippen LogP contribution in [-0.2, 0) is 11.3 Å². The van der Waals surface area contributed by atoms with E-state index in [0.29, 0.717) is 12.5 Å². The van der Waals surface area contributed by atoms with E-state index in [2.05, 4.69) is 25.9 Å². The Hall–Kier alpha value is -1.36. The number of imidazole rings is 1. The Morgan fingerprint density at radius 3 is 2.74 bits per heavy atom. The highest BCUT2D eigenvalue weighted by Crippen LogP contribution is 2.10. The van der Waals surface area contributed by atoms with Gasteiger partial charge in [0.1, 0.15) is 0 Å². The zero-order valence-electron chi connectivity index (χ0n) is 13.7. The first kappa shape index (κ1) is 19.7. The molecule has 2 aromatic heterocycles. The SMILES string of the molecule is CN=C(NCC(=O)NC(C)(C)C)NCc1cn2ccsc2n1.I. The van der Waals surface area contributed by atoms with Crippen molar-refractivity contribution in [2.75, 3.05) is 13.6 Å². The smallest absolute Gasteiger partial charge is 0.239 e. The van der Waals surface area contributed by atoms with Crippen LogP contribution >= 0.6 is 35.3 Å². The summed E-state index contributed by atoms with van der Waals surface area (Å²) in [6, 6.07) is 0. The van der Waals surface area contributed by atoms with E-state index in [-0.39, 0.29) is 42.0 Å². The lowest BCUT2D eigenvalue weighted by molar-refractivity contribution is -0.121. The van der Waals surface area contributed by atoms with Crippen molar-refractivity contribution >= 4 is 52.1 Å². The quantitative estimate of drug-likeness (QED) is 0.376. The molecule has 0 radical (unpaired) electrons. The van der Waals surface area contributed by atoms with E-state index in [1.165, 1.54) is 0 Å². The van der Waals surface area contributed by atoms with Crippen LogP contribution in [0.25, 0.3) is 4.96 Å². The Morgan fingerprint density at radius 1 is 1.39 bits per heavy atom. The van der Waals surface area contributed by atoms with Gasteiger partial charge < -0.3 is 16.0 Å². The zero-order chi connectivity index (χ0) is 16.2. The fourth-order valence-corrected chi connectivity index (χ4v) is 2.60. The summed E-state index contributed by atoms with van der Waals surface area (Å²) in [5, 5.41) is 11.0. The molecule has 0 saturated heterocycles. The fraction of sp³-hybridized carbons (Fsp3) is 0.500. The van der Waals surface area contributed by atoms with E-state index in [9.17, 15) is 4.79 Å². The van der Waals surface area contributed by atoms with Gasteiger partial charge in [-0.2, -0.15) is 0 Å². The standard InChI is InChI=1S/C14H22N6OS.HI/c1-14(2,3)19-11(21)8-17-12(15-4)16-7-10-9-20-5-6-22-13(20)18-10;/h5-6,9H,7-8H2,1-4H3,(H,19,21)(H2,15,16,17);1H. The third-order valence-corrected chi connectivity index (χ3v) is 3.51. The second-order valence-corrected chi connectivity index (χ2v) is 6.78. The van der Waals surface area contributed by atoms with E-state index in [4.69, 9.17) is 0 Å². The largest absolute Gasteiger partial charge is 0.351 e. The Labute approximate surface area is 157 Å². The first-order chi connectivity index (χ1) is 10.4. The molecule has 7 nitrogen and oxygen atoms in total. The number of carbonyl (C=O) groups excluding carboxylic acids is 1. The summed E-state index contributed by atoms with van der Waals surface area (Å²) >= 11 is 1.59. The minimum absolute atomic E-state index is 0. The van der Waals surface area contributed by atoms with Gasteiger partial charge in [-0.3, -0.25) is 14.2 Å². The van der Waals surface area contributed by atoms with Gasteiger partial charge in [-0.15, -0.1) is 35.3 Å². The van der Waals surface area contributed by atoms with Crippen LogP contribution in [0.5, 0.6) is 0 Å². The van der Waals surface area contributed by atoms with Gasteiger partial charge in [0.2, 0.25) is 5.91 Å². The van der Waals surface area contributed by atoms with Gasteiger partial charge >= 0.3 is 0 Å². The molecular weight excluding hydrogens is 427 g/mol. The maximum absolute atomic E-state index is 11.8. The predicted molar refractivity (Wildman–Crippen MR) is 105 cm³/mol. The van der Waals surface area contributed by atoms with Crippen LogP contribution < -0.4 is 16.0 Å². The molecule has 9 heteroatoms. The summed E-state index contributed by atoms with van der Waals surface area (Å²) in [6.45, 7) is 6.57. The van der Waals surface area contributed by atoms with E-state index >= 15 is 0 Å². The minimum Gasteiger partial charge on any atom is -0.351 e. The number of nitrogens with one attached hydrogen (secondary N) is 3. The Bertz CT molecular complexity index is 644. The van der Waals surface area contributed by atoms with Crippen molar-refractivity contribution in [2.45, 2.75) is 32.9 Å². The van der Waals surface area contributed by atoms with Crippen LogP contribution in [0.3, 0.4) is 0 Å². The number of hydrogen-bond acceptors (Lipinski definition) is 4. The Kier molecular flexibility index (Phi) is 7.26. The van der Waals surface area contributed by atoms with Crippen molar-refractivity contribution in [3.8, 4) is 0 Å². The molecule has 2 rings (SSSR count). The molecule has 0 bridgehead atoms. The predicted octanol–water partition coefficient (Wildman–Crippen LogP) is 1.59. The van der Waals surface area contributed by atoms with Gasteiger partial charge in [-0.05, 0) is 20.8 Å². The molecule has 0 spiro atoms. The molecule has 0 aliphatic carbocycles. The highest BCUT2D eigenvalue weighted by molar-refractivity contribution is 14.0. The number of halogens is 1. The molecule has 0 aliphatic rings. The number of aromatic nitrogens is 2. The van der Waals surface area contributed by atoms with Gasteiger partial charge in [0.25, 0.3) is 0 Å². The molecule has 2 aromatic rings. The van der Waals surface area contributed by atoms with Gasteiger partial charge in [-0.25, -0.2) is 4.98 Å². The van der Waals surface area contributed by atoms with Crippen molar-refractivity contribution < 1.29 is 4.79 Å². The first-order valence-electron chi connectivity index (χ1n) is 7.04. The molecule has 0 saturated carbocycles. The maximum Gasteiger partial charge on any atom is 0.239 e. The number of nitrogens with zero attached hydrogens (tertiary/aromatic N) is 3. The topological polar surface area (TPSA) is 82.8 Å². The van der Waals surface area contributed by atoms with Gasteiger partial charge in [0.05, 0.1) is 18.8 Å². The van der Waals surface area contributed by atoms with Gasteiger partial charge in [-0.1, -0.05) is 0 Å². The van der Waals surface area contributed by atoms with Gasteiger partial charge in [0.15, 0.2) is 10.9 Å². The normalized spacial score (nSPS) is 11.9. The Balaban J connectivity index is 0.00000264. The summed E-state index contributed by atoms with van der Waals surface area (Å²) in [6.07, 6.45) is 3.94. The molecule has 23 heavy (non-hydrogen) atoms. The summed E-state index contributed by atoms with van der Waals surface area (Å²) in [5.41, 5.74) is 0.687. The van der Waals surface area contributed by atoms with Crippen LogP contribution in [0.15, 0.2) is 22.8 Å². The average molecular weight is 450 g/mol. The monoisotopic (exact) mass is 450 g/mol. The molecule has 0 aliphatic heterocycles. The fourth-order valence-electron chi connectivity index (χ4n) is 1.88. The number of aliphatic imine (C=N–C) groups is 1. The Morgan fingerprint density at radius 2 is 2.13 bits per heavy atom. The third kappa shape index (κ3) is 6.34. The van der Waals surface area contributed by atoms with Crippen molar-refractivity contribution in [2.24, 2.45) is 4.99 Å². The number of amides is 1. The molecule has 0 atom stereocenters. The van der Waals surface area contributed by atoms with E-state index in [1.54, 1.807) is 18.4 Å². The lowest BCUT2D eigenvalue weighted by atomic mass is 10.1. The molecule has 0 unspecified atom stereocenters. The van der Waals surface area contributed by atoms with E-state index < -0.39 is 0 Å². The summed E-state index contributed by atoms with van der Waals surface area (Å²) in [4.78, 5) is 21.3. The lowest BCUT2D eigenvalue weighted by Gasteiger charge is -2.21. The number of fused-ring (bicyclic) bond motifs is 1. The molecule has 3 N–H and O–H groups in total. The van der Waals surface area contributed by atoms with Crippen LogP contribution in [0.4, 0.5) is 0 Å². The summed E-state index contributed by atoms with van der Waals surface area (Å²) in [7, 11) is 1.67. The van der Waals surface area contributed by atoms with Crippen LogP contribution in [0.1, 0.15) is 26.5 Å². The van der Waals surface area contributed by atoms with Crippen molar-refractivity contribution in [1.29, 1.82) is 0 Å². The van der Waals surface area contributed by atoms with E-state index in [0.717, 1.165) is 10.7 Å². The number of thiazole rings is 1. The summed E-state index contributed by atoms with van der Waals surface area (Å²) in [5.74, 6) is 0.498. The number of guanidine groups is 1. The molecule has 2 heterocycles. The average Bonchev–Trinajstić information content (AvgIpc) is 2.97. The minimum atomic E-state index is -0.238. The second kappa shape index (κ2) is 8.48. The van der Waals surface area contributed by atoms with Crippen molar-refractivity contribution in [3.63, 3.8) is 0 Å². The molecular formula is C14H23IN6OS. The highest BCUT2D eigenvalue weighted by atomic mass is 127. The zero-order valence-corrected chi connectivity index (χ0v) is 16.9. The molecule has 0 fully saturated rings. The van der Waals surface area contributed by atoms with Gasteiger partial charge in [0, 0.05) is 30.4 Å². The number of carbonyl (C=O) groups is 1. The summed E-state index contributed by atoms with van der Waals surface area (Å²) < 4.78 is 1.98. The van der Waals surface area contributed by atoms with Crippen molar-refractivity contribution in [3.05, 3.63) is 23.5 Å². The molecule has 0 aromatic carbocycles. The maximum atomic E-state index is 11.8. The second-order valence-electron chi connectivity index (χ2n) is 5.90. The first-order valence-corrected chi connectivity index (χ1v) is 7.92. The van der Waals surface area contributed by atoms with Crippen molar-refractivity contribution in [1.82, 2.24) is 25.3 Å². The number of hydrogen-bond donors (Lipinski definition) is 3. The molecule has 1 amide bonds.